The van der Waals surface area contributed by atoms with Gasteiger partial charge >= 0.3 is 6.03 Å². The number of amides is 3. The van der Waals surface area contributed by atoms with Crippen LogP contribution in [0.5, 0.6) is 0 Å². The van der Waals surface area contributed by atoms with Gasteiger partial charge in [0.25, 0.3) is 0 Å². The molecule has 5 nitrogen and oxygen atoms in total. The molecule has 22 heavy (non-hydrogen) atoms. The van der Waals surface area contributed by atoms with Crippen LogP contribution in [0.4, 0.5) is 10.5 Å². The minimum atomic E-state index is -0.383. The average molecular weight is 324 g/mol. The molecular formula is C16H22ClN3O2. The van der Waals surface area contributed by atoms with Gasteiger partial charge in [-0.15, -0.1) is 0 Å². The molecule has 0 radical (unpaired) electrons. The van der Waals surface area contributed by atoms with Crippen molar-refractivity contribution in [3.05, 3.63) is 29.3 Å². The smallest absolute Gasteiger partial charge is 0.322 e. The van der Waals surface area contributed by atoms with Gasteiger partial charge in [0.05, 0.1) is 0 Å². The topological polar surface area (TPSA) is 61.4 Å². The Labute approximate surface area is 136 Å². The number of anilines is 1. The van der Waals surface area contributed by atoms with Crippen LogP contribution in [0.1, 0.15) is 26.7 Å². The Morgan fingerprint density at radius 3 is 2.64 bits per heavy atom. The van der Waals surface area contributed by atoms with E-state index < -0.39 is 0 Å². The van der Waals surface area contributed by atoms with Crippen molar-refractivity contribution in [1.82, 2.24) is 10.2 Å². The summed E-state index contributed by atoms with van der Waals surface area (Å²) in [5.41, 5.74) is 0.669. The van der Waals surface area contributed by atoms with Crippen LogP contribution in [0.2, 0.25) is 5.02 Å². The zero-order valence-corrected chi connectivity index (χ0v) is 13.7. The number of benzene rings is 1. The van der Waals surface area contributed by atoms with Crippen LogP contribution in [0.3, 0.4) is 0 Å². The standard InChI is InChI=1S/C16H22ClN3O2/c1-11(2)10-18-15(21)14-4-3-9-20(14)16(22)19-13-7-5-12(17)6-8-13/h5-8,11,14H,3-4,9-10H2,1-2H3,(H,18,21)(H,19,22)/t14-/m0/s1. The predicted octanol–water partition coefficient (Wildman–Crippen LogP) is 3.11. The van der Waals surface area contributed by atoms with E-state index >= 15 is 0 Å². The molecule has 2 rings (SSSR count). The summed E-state index contributed by atoms with van der Waals surface area (Å²) >= 11 is 5.82. The number of likely N-dealkylation sites (tertiary alicyclic amines) is 1. The largest absolute Gasteiger partial charge is 0.354 e. The molecule has 1 aliphatic rings. The molecule has 0 saturated carbocycles. The number of hydrogen-bond acceptors (Lipinski definition) is 2. The Kier molecular flexibility index (Phi) is 5.66. The van der Waals surface area contributed by atoms with Crippen molar-refractivity contribution in [3.8, 4) is 0 Å². The first-order valence-corrected chi connectivity index (χ1v) is 7.96. The van der Waals surface area contributed by atoms with Gasteiger partial charge in [0.2, 0.25) is 5.91 Å². The first-order valence-electron chi connectivity index (χ1n) is 7.58. The lowest BCUT2D eigenvalue weighted by molar-refractivity contribution is -0.124. The fourth-order valence-electron chi connectivity index (χ4n) is 2.43. The van der Waals surface area contributed by atoms with Crippen LogP contribution in [0.15, 0.2) is 24.3 Å². The predicted molar refractivity (Wildman–Crippen MR) is 88.0 cm³/mol. The van der Waals surface area contributed by atoms with Gasteiger partial charge in [-0.3, -0.25) is 4.79 Å². The van der Waals surface area contributed by atoms with Crippen molar-refractivity contribution < 1.29 is 9.59 Å². The Balaban J connectivity index is 1.95. The van der Waals surface area contributed by atoms with Crippen molar-refractivity contribution in [2.45, 2.75) is 32.7 Å². The van der Waals surface area contributed by atoms with Crippen molar-refractivity contribution in [3.63, 3.8) is 0 Å². The maximum Gasteiger partial charge on any atom is 0.322 e. The quantitative estimate of drug-likeness (QED) is 0.894. The highest BCUT2D eigenvalue weighted by Crippen LogP contribution is 2.20. The molecule has 1 fully saturated rings. The SMILES string of the molecule is CC(C)CNC(=O)[C@@H]1CCCN1C(=O)Nc1ccc(Cl)cc1. The summed E-state index contributed by atoms with van der Waals surface area (Å²) in [7, 11) is 0. The molecule has 1 aromatic rings. The van der Waals surface area contributed by atoms with E-state index in [9.17, 15) is 9.59 Å². The maximum atomic E-state index is 12.4. The fraction of sp³-hybridized carbons (Fsp3) is 0.500. The normalized spacial score (nSPS) is 17.6. The summed E-state index contributed by atoms with van der Waals surface area (Å²) in [6.45, 7) is 5.31. The van der Waals surface area contributed by atoms with Crippen LogP contribution in [0, 0.1) is 5.92 Å². The summed E-state index contributed by atoms with van der Waals surface area (Å²) in [5, 5.41) is 6.33. The Morgan fingerprint density at radius 2 is 2.00 bits per heavy atom. The van der Waals surface area contributed by atoms with Gasteiger partial charge < -0.3 is 15.5 Å². The lowest BCUT2D eigenvalue weighted by Crippen LogP contribution is -2.48. The number of urea groups is 1. The van der Waals surface area contributed by atoms with Crippen LogP contribution in [-0.2, 0) is 4.79 Å². The van der Waals surface area contributed by atoms with Crippen molar-refractivity contribution in [2.24, 2.45) is 5.92 Å². The molecule has 3 amide bonds. The number of carbonyl (C=O) groups excluding carboxylic acids is 2. The second-order valence-corrected chi connectivity index (χ2v) is 6.36. The van der Waals surface area contributed by atoms with Crippen molar-refractivity contribution in [1.29, 1.82) is 0 Å². The molecule has 0 spiro atoms. The van der Waals surface area contributed by atoms with Crippen LogP contribution in [-0.4, -0.2) is 36.0 Å². The molecule has 1 aromatic carbocycles. The molecular weight excluding hydrogens is 302 g/mol. The molecule has 1 atom stereocenters. The molecule has 0 unspecified atom stereocenters. The number of nitrogens with one attached hydrogen (secondary N) is 2. The number of carbonyl (C=O) groups is 2. The second kappa shape index (κ2) is 7.49. The third-order valence-electron chi connectivity index (χ3n) is 3.60. The van der Waals surface area contributed by atoms with Gasteiger partial charge in [0, 0.05) is 23.8 Å². The highest BCUT2D eigenvalue weighted by atomic mass is 35.5. The van der Waals surface area contributed by atoms with Gasteiger partial charge in [-0.05, 0) is 43.0 Å². The van der Waals surface area contributed by atoms with E-state index in [0.717, 1.165) is 6.42 Å². The molecule has 1 aliphatic heterocycles. The average Bonchev–Trinajstić information content (AvgIpc) is 2.96. The van der Waals surface area contributed by atoms with E-state index in [0.29, 0.717) is 36.1 Å². The van der Waals surface area contributed by atoms with Crippen LogP contribution < -0.4 is 10.6 Å². The van der Waals surface area contributed by atoms with E-state index in [1.165, 1.54) is 0 Å². The van der Waals surface area contributed by atoms with E-state index in [4.69, 9.17) is 11.6 Å². The Bertz CT molecular complexity index is 531. The number of halogens is 1. The van der Waals surface area contributed by atoms with E-state index in [-0.39, 0.29) is 18.0 Å². The van der Waals surface area contributed by atoms with E-state index in [1.54, 1.807) is 29.2 Å². The van der Waals surface area contributed by atoms with E-state index in [1.807, 2.05) is 13.8 Å². The summed E-state index contributed by atoms with van der Waals surface area (Å²) < 4.78 is 0. The summed E-state index contributed by atoms with van der Waals surface area (Å²) in [5.74, 6) is 0.319. The summed E-state index contributed by atoms with van der Waals surface area (Å²) in [6, 6.07) is 6.28. The Morgan fingerprint density at radius 1 is 1.32 bits per heavy atom. The van der Waals surface area contributed by atoms with Crippen molar-refractivity contribution in [2.75, 3.05) is 18.4 Å². The third-order valence-corrected chi connectivity index (χ3v) is 3.85. The highest BCUT2D eigenvalue weighted by molar-refractivity contribution is 6.30. The molecule has 0 bridgehead atoms. The molecule has 120 valence electrons. The number of nitrogens with zero attached hydrogens (tertiary/aromatic N) is 1. The summed E-state index contributed by atoms with van der Waals surface area (Å²) in [4.78, 5) is 26.2. The highest BCUT2D eigenvalue weighted by Gasteiger charge is 2.34. The third kappa shape index (κ3) is 4.37. The first kappa shape index (κ1) is 16.6. The maximum absolute atomic E-state index is 12.4. The lowest BCUT2D eigenvalue weighted by atomic mass is 10.2. The fourth-order valence-corrected chi connectivity index (χ4v) is 2.56. The number of rotatable bonds is 4. The molecule has 2 N–H and O–H groups in total. The van der Waals surface area contributed by atoms with Crippen LogP contribution >= 0.6 is 11.6 Å². The monoisotopic (exact) mass is 323 g/mol. The lowest BCUT2D eigenvalue weighted by Gasteiger charge is -2.24. The molecule has 0 aromatic heterocycles. The Hall–Kier alpha value is -1.75. The van der Waals surface area contributed by atoms with Crippen molar-refractivity contribution >= 4 is 29.2 Å². The van der Waals surface area contributed by atoms with Gasteiger partial charge in [-0.25, -0.2) is 4.79 Å². The minimum absolute atomic E-state index is 0.0718. The van der Waals surface area contributed by atoms with Crippen LogP contribution in [0.25, 0.3) is 0 Å². The van der Waals surface area contributed by atoms with Gasteiger partial charge in [-0.1, -0.05) is 25.4 Å². The molecule has 6 heteroatoms. The summed E-state index contributed by atoms with van der Waals surface area (Å²) in [6.07, 6.45) is 1.55. The first-order chi connectivity index (χ1) is 10.5. The second-order valence-electron chi connectivity index (χ2n) is 5.93. The van der Waals surface area contributed by atoms with Gasteiger partial charge in [-0.2, -0.15) is 0 Å². The van der Waals surface area contributed by atoms with E-state index in [2.05, 4.69) is 10.6 Å². The van der Waals surface area contributed by atoms with Gasteiger partial charge in [0.15, 0.2) is 0 Å². The molecule has 1 saturated heterocycles. The zero-order chi connectivity index (χ0) is 16.1. The number of hydrogen-bond donors (Lipinski definition) is 2. The minimum Gasteiger partial charge on any atom is -0.354 e. The molecule has 0 aliphatic carbocycles. The zero-order valence-electron chi connectivity index (χ0n) is 12.9. The molecule has 1 heterocycles. The van der Waals surface area contributed by atoms with Gasteiger partial charge in [0.1, 0.15) is 6.04 Å².